The number of carbonyl (C=O) groups excluding carboxylic acids is 1. The first-order valence-corrected chi connectivity index (χ1v) is 8.24. The molecule has 0 aliphatic rings. The topological polar surface area (TPSA) is 77.1 Å². The summed E-state index contributed by atoms with van der Waals surface area (Å²) in [5.74, 6) is -0.0633. The molecular weight excluding hydrogens is 322 g/mol. The number of unbranched alkanes of at least 4 members (excludes halogenated alkanes) is 1. The minimum Gasteiger partial charge on any atom is -0.389 e. The number of aromatic nitrogens is 1. The predicted octanol–water partition coefficient (Wildman–Crippen LogP) is 2.60. The predicted molar refractivity (Wildman–Crippen MR) is 100 cm³/mol. The lowest BCUT2D eigenvalue weighted by Crippen LogP contribution is -2.21. The van der Waals surface area contributed by atoms with E-state index < -0.39 is 0 Å². The van der Waals surface area contributed by atoms with E-state index in [0.717, 1.165) is 17.5 Å². The first-order chi connectivity index (χ1) is 11.5. The minimum atomic E-state index is -0.0633. The molecule has 2 aromatic rings. The zero-order valence-electron chi connectivity index (χ0n) is 13.6. The van der Waals surface area contributed by atoms with Crippen LogP contribution in [0.4, 0.5) is 5.69 Å². The van der Waals surface area contributed by atoms with Crippen LogP contribution in [0.2, 0.25) is 0 Å². The quantitative estimate of drug-likeness (QED) is 0.598. The van der Waals surface area contributed by atoms with Crippen molar-refractivity contribution in [2.45, 2.75) is 32.7 Å². The number of benzene rings is 1. The molecular formula is C18H21N3O2S. The zero-order chi connectivity index (χ0) is 17.5. The number of hydrogen-bond acceptors (Lipinski definition) is 3. The Morgan fingerprint density at radius 1 is 1.25 bits per heavy atom. The summed E-state index contributed by atoms with van der Waals surface area (Å²) in [6.07, 6.45) is 3.65. The van der Waals surface area contributed by atoms with E-state index in [1.807, 2.05) is 6.07 Å². The molecule has 0 unspecified atom stereocenters. The fourth-order valence-electron chi connectivity index (χ4n) is 2.37. The second-order valence-corrected chi connectivity index (χ2v) is 6.08. The van der Waals surface area contributed by atoms with E-state index in [0.29, 0.717) is 30.1 Å². The van der Waals surface area contributed by atoms with E-state index in [4.69, 9.17) is 18.0 Å². The van der Waals surface area contributed by atoms with Gasteiger partial charge in [-0.3, -0.25) is 9.59 Å². The summed E-state index contributed by atoms with van der Waals surface area (Å²) >= 11 is 4.92. The maximum atomic E-state index is 12.0. The van der Waals surface area contributed by atoms with Gasteiger partial charge < -0.3 is 15.6 Å². The molecule has 6 heteroatoms. The molecule has 24 heavy (non-hydrogen) atoms. The highest BCUT2D eigenvalue weighted by molar-refractivity contribution is 7.80. The molecule has 126 valence electrons. The molecule has 1 aromatic carbocycles. The van der Waals surface area contributed by atoms with Gasteiger partial charge in [-0.1, -0.05) is 30.4 Å². The average Bonchev–Trinajstić information content (AvgIpc) is 2.55. The minimum absolute atomic E-state index is 0.0246. The highest BCUT2D eigenvalue weighted by atomic mass is 32.1. The highest BCUT2D eigenvalue weighted by Gasteiger charge is 2.05. The van der Waals surface area contributed by atoms with E-state index in [2.05, 4.69) is 5.32 Å². The van der Waals surface area contributed by atoms with Gasteiger partial charge in [-0.2, -0.15) is 0 Å². The molecule has 5 nitrogen and oxygen atoms in total. The maximum absolute atomic E-state index is 12.0. The number of aryl methyl sites for hydroxylation is 2. The van der Waals surface area contributed by atoms with Crippen LogP contribution < -0.4 is 16.6 Å². The summed E-state index contributed by atoms with van der Waals surface area (Å²) in [6, 6.07) is 10.8. The number of pyridine rings is 1. The highest BCUT2D eigenvalue weighted by Crippen LogP contribution is 2.11. The summed E-state index contributed by atoms with van der Waals surface area (Å²) in [5, 5.41) is 2.83. The largest absolute Gasteiger partial charge is 0.389 e. The molecule has 0 aliphatic carbocycles. The standard InChI is InChI=1S/C18H21N3O2S/c1-13-6-5-11-21(18(13)23)10-3-2-9-16(22)20-15-8-4-7-14(12-15)17(19)24/h4-8,11-12H,2-3,9-10H2,1H3,(H2,19,24)(H,20,22). The lowest BCUT2D eigenvalue weighted by atomic mass is 10.2. The van der Waals surface area contributed by atoms with Crippen LogP contribution in [0.3, 0.4) is 0 Å². The van der Waals surface area contributed by atoms with Crippen molar-refractivity contribution in [1.82, 2.24) is 4.57 Å². The van der Waals surface area contributed by atoms with Crippen LogP contribution in [0, 0.1) is 6.92 Å². The molecule has 0 atom stereocenters. The summed E-state index contributed by atoms with van der Waals surface area (Å²) in [7, 11) is 0. The van der Waals surface area contributed by atoms with Crippen molar-refractivity contribution in [2.75, 3.05) is 5.32 Å². The van der Waals surface area contributed by atoms with E-state index in [9.17, 15) is 9.59 Å². The number of anilines is 1. The SMILES string of the molecule is Cc1cccn(CCCCC(=O)Nc2cccc(C(N)=S)c2)c1=O. The zero-order valence-corrected chi connectivity index (χ0v) is 14.4. The Morgan fingerprint density at radius 2 is 2.04 bits per heavy atom. The Morgan fingerprint density at radius 3 is 2.79 bits per heavy atom. The van der Waals surface area contributed by atoms with E-state index in [1.165, 1.54) is 0 Å². The summed E-state index contributed by atoms with van der Waals surface area (Å²) in [4.78, 5) is 24.2. The van der Waals surface area contributed by atoms with E-state index >= 15 is 0 Å². The lowest BCUT2D eigenvalue weighted by Gasteiger charge is -2.08. The van der Waals surface area contributed by atoms with Gasteiger partial charge in [-0.25, -0.2) is 0 Å². The summed E-state index contributed by atoms with van der Waals surface area (Å²) in [6.45, 7) is 2.41. The van der Waals surface area contributed by atoms with E-state index in [-0.39, 0.29) is 11.5 Å². The summed E-state index contributed by atoms with van der Waals surface area (Å²) in [5.41, 5.74) is 7.74. The average molecular weight is 343 g/mol. The van der Waals surface area contributed by atoms with Crippen molar-refractivity contribution in [3.63, 3.8) is 0 Å². The molecule has 0 fully saturated rings. The van der Waals surface area contributed by atoms with Crippen molar-refractivity contribution in [3.05, 3.63) is 64.1 Å². The van der Waals surface area contributed by atoms with Gasteiger partial charge in [0.15, 0.2) is 0 Å². The third-order valence-electron chi connectivity index (χ3n) is 3.69. The van der Waals surface area contributed by atoms with Gasteiger partial charge in [-0.15, -0.1) is 0 Å². The van der Waals surface area contributed by atoms with Gasteiger partial charge in [0.2, 0.25) is 5.91 Å². The number of hydrogen-bond donors (Lipinski definition) is 2. The van der Waals surface area contributed by atoms with Crippen molar-refractivity contribution in [3.8, 4) is 0 Å². The van der Waals surface area contributed by atoms with Gasteiger partial charge in [0.1, 0.15) is 4.99 Å². The van der Waals surface area contributed by atoms with Crippen LogP contribution in [0.15, 0.2) is 47.4 Å². The molecule has 3 N–H and O–H groups in total. The lowest BCUT2D eigenvalue weighted by molar-refractivity contribution is -0.116. The van der Waals surface area contributed by atoms with Gasteiger partial charge in [-0.05, 0) is 38.0 Å². The number of carbonyl (C=O) groups is 1. The van der Waals surface area contributed by atoms with Gasteiger partial charge in [0, 0.05) is 36.0 Å². The Balaban J connectivity index is 1.79. The first-order valence-electron chi connectivity index (χ1n) is 7.83. The summed E-state index contributed by atoms with van der Waals surface area (Å²) < 4.78 is 1.68. The number of thiocarbonyl (C=S) groups is 1. The Kier molecular flexibility index (Phi) is 6.26. The van der Waals surface area contributed by atoms with Crippen LogP contribution in [-0.2, 0) is 11.3 Å². The van der Waals surface area contributed by atoms with Crippen molar-refractivity contribution >= 4 is 28.8 Å². The molecule has 0 saturated heterocycles. The third-order valence-corrected chi connectivity index (χ3v) is 3.93. The Bertz CT molecular complexity index is 799. The number of nitrogens with zero attached hydrogens (tertiary/aromatic N) is 1. The Hall–Kier alpha value is -2.47. The maximum Gasteiger partial charge on any atom is 0.253 e. The smallest absolute Gasteiger partial charge is 0.253 e. The molecule has 1 heterocycles. The normalized spacial score (nSPS) is 10.4. The van der Waals surface area contributed by atoms with Crippen LogP contribution in [0.1, 0.15) is 30.4 Å². The van der Waals surface area contributed by atoms with E-state index in [1.54, 1.807) is 48.0 Å². The molecule has 1 amide bonds. The second kappa shape index (κ2) is 8.40. The molecule has 1 aromatic heterocycles. The van der Waals surface area contributed by atoms with Crippen LogP contribution in [-0.4, -0.2) is 15.5 Å². The third kappa shape index (κ3) is 5.03. The Labute approximate surface area is 146 Å². The molecule has 0 radical (unpaired) electrons. The fraction of sp³-hybridized carbons (Fsp3) is 0.278. The van der Waals surface area contributed by atoms with Gasteiger partial charge >= 0.3 is 0 Å². The van der Waals surface area contributed by atoms with Crippen LogP contribution in [0.25, 0.3) is 0 Å². The molecule has 2 rings (SSSR count). The monoisotopic (exact) mass is 343 g/mol. The molecule has 0 bridgehead atoms. The number of amides is 1. The van der Waals surface area contributed by atoms with Crippen molar-refractivity contribution in [2.24, 2.45) is 5.73 Å². The number of nitrogens with two attached hydrogens (primary N) is 1. The first kappa shape index (κ1) is 17.9. The van der Waals surface area contributed by atoms with Crippen molar-refractivity contribution < 1.29 is 4.79 Å². The number of rotatable bonds is 7. The van der Waals surface area contributed by atoms with Gasteiger partial charge in [0.25, 0.3) is 5.56 Å². The fourth-order valence-corrected chi connectivity index (χ4v) is 2.50. The molecule has 0 aliphatic heterocycles. The van der Waals surface area contributed by atoms with Gasteiger partial charge in [0.05, 0.1) is 0 Å². The molecule has 0 saturated carbocycles. The van der Waals surface area contributed by atoms with Crippen LogP contribution >= 0.6 is 12.2 Å². The molecule has 0 spiro atoms. The van der Waals surface area contributed by atoms with Crippen molar-refractivity contribution in [1.29, 1.82) is 0 Å². The second-order valence-electron chi connectivity index (χ2n) is 5.64. The van der Waals surface area contributed by atoms with Crippen LogP contribution in [0.5, 0.6) is 0 Å². The number of nitrogens with one attached hydrogen (secondary N) is 1.